The van der Waals surface area contributed by atoms with E-state index in [0.717, 1.165) is 0 Å². The van der Waals surface area contributed by atoms with Crippen LogP contribution in [0.15, 0.2) is 12.2 Å². The third-order valence-corrected chi connectivity index (χ3v) is 1.20. The molecule has 12 heavy (non-hydrogen) atoms. The minimum atomic E-state index is -0.271. The van der Waals surface area contributed by atoms with Crippen LogP contribution in [-0.4, -0.2) is 31.7 Å². The highest BCUT2D eigenvalue weighted by molar-refractivity contribution is 4.99. The van der Waals surface area contributed by atoms with Crippen molar-refractivity contribution in [2.24, 2.45) is 0 Å². The Morgan fingerprint density at radius 2 is 2.33 bits per heavy atom. The molecule has 0 aromatic rings. The molecular formula is C9H14O3. The van der Waals surface area contributed by atoms with Crippen molar-refractivity contribution in [3.05, 3.63) is 12.2 Å². The number of hydrogen-bond donors (Lipinski definition) is 1. The number of methoxy groups -OCH3 is 1. The van der Waals surface area contributed by atoms with E-state index >= 15 is 0 Å². The molecule has 0 unspecified atom stereocenters. The molecule has 0 amide bonds. The number of terminal acetylenes is 1. The Morgan fingerprint density at radius 1 is 1.58 bits per heavy atom. The highest BCUT2D eigenvalue weighted by Gasteiger charge is 2.00. The first-order valence-corrected chi connectivity index (χ1v) is 3.67. The number of rotatable bonds is 6. The van der Waals surface area contributed by atoms with E-state index in [1.54, 1.807) is 12.2 Å². The molecule has 0 bridgehead atoms. The number of hydrogen-bond acceptors (Lipinski definition) is 3. The summed E-state index contributed by atoms with van der Waals surface area (Å²) < 4.78 is 9.78. The summed E-state index contributed by atoms with van der Waals surface area (Å²) in [5.41, 5.74) is 0. The van der Waals surface area contributed by atoms with E-state index in [4.69, 9.17) is 16.3 Å². The van der Waals surface area contributed by atoms with Gasteiger partial charge in [0.05, 0.1) is 6.61 Å². The molecule has 0 saturated carbocycles. The van der Waals surface area contributed by atoms with Crippen LogP contribution in [0, 0.1) is 12.3 Å². The Balaban J connectivity index is 3.55. The largest absolute Gasteiger partial charge is 0.392 e. The van der Waals surface area contributed by atoms with E-state index in [9.17, 15) is 0 Å². The van der Waals surface area contributed by atoms with Crippen molar-refractivity contribution in [3.8, 4) is 12.3 Å². The molecule has 0 heterocycles. The molecule has 0 rings (SSSR count). The molecule has 0 aromatic heterocycles. The summed E-state index contributed by atoms with van der Waals surface area (Å²) >= 11 is 0. The number of aliphatic hydroxyl groups excluding tert-OH is 1. The van der Waals surface area contributed by atoms with Gasteiger partial charge in [0.15, 0.2) is 0 Å². The summed E-state index contributed by atoms with van der Waals surface area (Å²) in [7, 11) is 1.54. The Morgan fingerprint density at radius 3 is 2.83 bits per heavy atom. The zero-order valence-corrected chi connectivity index (χ0v) is 7.19. The van der Waals surface area contributed by atoms with Crippen LogP contribution in [0.4, 0.5) is 0 Å². The van der Waals surface area contributed by atoms with E-state index in [1.165, 1.54) is 7.11 Å². The van der Waals surface area contributed by atoms with Crippen LogP contribution in [0.5, 0.6) is 0 Å². The van der Waals surface area contributed by atoms with Gasteiger partial charge in [-0.05, 0) is 0 Å². The van der Waals surface area contributed by atoms with Crippen LogP contribution in [0.2, 0.25) is 0 Å². The Kier molecular flexibility index (Phi) is 7.71. The maximum atomic E-state index is 8.42. The fourth-order valence-electron chi connectivity index (χ4n) is 0.629. The van der Waals surface area contributed by atoms with E-state index in [0.29, 0.717) is 6.42 Å². The zero-order chi connectivity index (χ0) is 9.23. The predicted molar refractivity (Wildman–Crippen MR) is 46.4 cm³/mol. The minimum absolute atomic E-state index is 0.0293. The molecular weight excluding hydrogens is 156 g/mol. The van der Waals surface area contributed by atoms with Gasteiger partial charge in [-0.3, -0.25) is 0 Å². The first kappa shape index (κ1) is 11.2. The molecule has 0 aromatic carbocycles. The number of aliphatic hydroxyl groups is 1. The smallest absolute Gasteiger partial charge is 0.148 e. The molecule has 0 aliphatic heterocycles. The van der Waals surface area contributed by atoms with Crippen molar-refractivity contribution in [3.63, 3.8) is 0 Å². The first-order valence-electron chi connectivity index (χ1n) is 3.67. The maximum absolute atomic E-state index is 8.42. The van der Waals surface area contributed by atoms with Crippen LogP contribution in [0.1, 0.15) is 6.42 Å². The summed E-state index contributed by atoms with van der Waals surface area (Å²) in [6.07, 6.45) is 8.90. The average Bonchev–Trinajstić information content (AvgIpc) is 2.11. The van der Waals surface area contributed by atoms with E-state index in [-0.39, 0.29) is 19.5 Å². The molecule has 3 heteroatoms. The standard InChI is InChI=1S/C9H14O3/c1-3-9(12-8-11-2)6-4-5-7-10/h1,4-5,9-10H,6-8H2,2H3/b5-4+/t9-/m1/s1. The van der Waals surface area contributed by atoms with E-state index in [1.807, 2.05) is 0 Å². The topological polar surface area (TPSA) is 38.7 Å². The summed E-state index contributed by atoms with van der Waals surface area (Å²) in [5, 5.41) is 8.42. The van der Waals surface area contributed by atoms with Crippen molar-refractivity contribution < 1.29 is 14.6 Å². The lowest BCUT2D eigenvalue weighted by Crippen LogP contribution is -2.11. The summed E-state index contributed by atoms with van der Waals surface area (Å²) in [4.78, 5) is 0. The summed E-state index contributed by atoms with van der Waals surface area (Å²) in [5.74, 6) is 2.46. The molecule has 0 aliphatic carbocycles. The second kappa shape index (κ2) is 8.28. The average molecular weight is 170 g/mol. The normalized spacial score (nSPS) is 13.1. The SMILES string of the molecule is C#C[C@H](C/C=C/CO)OCOC. The molecule has 1 atom stereocenters. The van der Waals surface area contributed by atoms with Gasteiger partial charge < -0.3 is 14.6 Å². The molecule has 0 fully saturated rings. The molecule has 3 nitrogen and oxygen atoms in total. The Bertz CT molecular complexity index is 158. The molecule has 0 radical (unpaired) electrons. The van der Waals surface area contributed by atoms with Crippen molar-refractivity contribution in [1.29, 1.82) is 0 Å². The first-order chi connectivity index (χ1) is 5.85. The molecule has 1 N–H and O–H groups in total. The van der Waals surface area contributed by atoms with Gasteiger partial charge in [0, 0.05) is 13.5 Å². The summed E-state index contributed by atoms with van der Waals surface area (Å²) in [6.45, 7) is 0.226. The van der Waals surface area contributed by atoms with Crippen molar-refractivity contribution >= 4 is 0 Å². The molecule has 0 spiro atoms. The van der Waals surface area contributed by atoms with Crippen molar-refractivity contribution in [2.75, 3.05) is 20.5 Å². The molecule has 0 saturated heterocycles. The predicted octanol–water partition coefficient (Wildman–Crippen LogP) is 0.547. The van der Waals surface area contributed by atoms with Gasteiger partial charge in [0.1, 0.15) is 12.9 Å². The highest BCUT2D eigenvalue weighted by atomic mass is 16.7. The zero-order valence-electron chi connectivity index (χ0n) is 7.19. The third kappa shape index (κ3) is 5.93. The lowest BCUT2D eigenvalue weighted by molar-refractivity contribution is -0.0510. The quantitative estimate of drug-likeness (QED) is 0.359. The van der Waals surface area contributed by atoms with Crippen LogP contribution in [0.25, 0.3) is 0 Å². The van der Waals surface area contributed by atoms with Gasteiger partial charge in [0.25, 0.3) is 0 Å². The second-order valence-corrected chi connectivity index (χ2v) is 2.12. The van der Waals surface area contributed by atoms with Gasteiger partial charge >= 0.3 is 0 Å². The summed E-state index contributed by atoms with van der Waals surface area (Å²) in [6, 6.07) is 0. The Labute approximate surface area is 73.0 Å². The van der Waals surface area contributed by atoms with Gasteiger partial charge in [-0.25, -0.2) is 0 Å². The fourth-order valence-corrected chi connectivity index (χ4v) is 0.629. The number of ether oxygens (including phenoxy) is 2. The van der Waals surface area contributed by atoms with Crippen molar-refractivity contribution in [1.82, 2.24) is 0 Å². The van der Waals surface area contributed by atoms with Crippen molar-refractivity contribution in [2.45, 2.75) is 12.5 Å². The van der Waals surface area contributed by atoms with Crippen LogP contribution < -0.4 is 0 Å². The molecule has 0 aliphatic rings. The minimum Gasteiger partial charge on any atom is -0.392 e. The maximum Gasteiger partial charge on any atom is 0.148 e. The fraction of sp³-hybridized carbons (Fsp3) is 0.556. The van der Waals surface area contributed by atoms with Gasteiger partial charge in [-0.15, -0.1) is 6.42 Å². The van der Waals surface area contributed by atoms with Crippen LogP contribution >= 0.6 is 0 Å². The van der Waals surface area contributed by atoms with Gasteiger partial charge in [0.2, 0.25) is 0 Å². The van der Waals surface area contributed by atoms with Gasteiger partial charge in [-0.2, -0.15) is 0 Å². The Hall–Kier alpha value is -0.820. The van der Waals surface area contributed by atoms with Crippen LogP contribution in [0.3, 0.4) is 0 Å². The second-order valence-electron chi connectivity index (χ2n) is 2.12. The monoisotopic (exact) mass is 170 g/mol. The van der Waals surface area contributed by atoms with Crippen LogP contribution in [-0.2, 0) is 9.47 Å². The lowest BCUT2D eigenvalue weighted by atomic mass is 10.2. The highest BCUT2D eigenvalue weighted by Crippen LogP contribution is 1.97. The molecule has 68 valence electrons. The third-order valence-electron chi connectivity index (χ3n) is 1.20. The van der Waals surface area contributed by atoms with Gasteiger partial charge in [-0.1, -0.05) is 18.1 Å². The lowest BCUT2D eigenvalue weighted by Gasteiger charge is -2.07. The van der Waals surface area contributed by atoms with E-state index in [2.05, 4.69) is 10.7 Å². The van der Waals surface area contributed by atoms with E-state index < -0.39 is 0 Å².